The highest BCUT2D eigenvalue weighted by atomic mass is 28.2. The van der Waals surface area contributed by atoms with Crippen LogP contribution in [0.1, 0.15) is 71.1 Å². The van der Waals surface area contributed by atoms with Gasteiger partial charge in [0.2, 0.25) is 0 Å². The van der Waals surface area contributed by atoms with Crippen LogP contribution in [0.3, 0.4) is 0 Å². The molecule has 0 N–H and O–H groups in total. The van der Waals surface area contributed by atoms with Crippen molar-refractivity contribution in [3.8, 4) is 0 Å². The van der Waals surface area contributed by atoms with Crippen molar-refractivity contribution in [3.63, 3.8) is 0 Å². The number of rotatable bonds is 7. The molecule has 0 amide bonds. The van der Waals surface area contributed by atoms with Gasteiger partial charge in [-0.05, 0) is 31.6 Å². The number of benzene rings is 1. The third-order valence-electron chi connectivity index (χ3n) is 5.61. The fourth-order valence-corrected chi connectivity index (χ4v) is 6.27. The lowest BCUT2D eigenvalue weighted by molar-refractivity contribution is 0.355. The maximum absolute atomic E-state index is 2.62. The minimum absolute atomic E-state index is 0.252. The number of hydrogen-bond acceptors (Lipinski definition) is 0. The molecule has 0 bridgehead atoms. The highest BCUT2D eigenvalue weighted by Gasteiger charge is 2.20. The first-order valence-electron chi connectivity index (χ1n) is 9.79. The van der Waals surface area contributed by atoms with E-state index in [-0.39, 0.29) is 9.52 Å². The monoisotopic (exact) mass is 324 g/mol. The van der Waals surface area contributed by atoms with Crippen LogP contribution in [-0.2, 0) is 0 Å². The van der Waals surface area contributed by atoms with E-state index in [1.807, 2.05) is 5.20 Å². The van der Waals surface area contributed by atoms with E-state index in [0.29, 0.717) is 0 Å². The van der Waals surface area contributed by atoms with Gasteiger partial charge in [0.15, 0.2) is 0 Å². The van der Waals surface area contributed by atoms with Crippen LogP contribution < -0.4 is 5.19 Å². The summed E-state index contributed by atoms with van der Waals surface area (Å²) in [6.45, 7) is 2.32. The van der Waals surface area contributed by atoms with Crippen molar-refractivity contribution in [2.24, 2.45) is 5.92 Å². The Balaban J connectivity index is 1.64. The molecule has 1 aromatic carbocycles. The normalized spacial score (nSPS) is 19.8. The van der Waals surface area contributed by atoms with Crippen molar-refractivity contribution in [1.29, 1.82) is 0 Å². The molecule has 0 aromatic heterocycles. The second kappa shape index (κ2) is 8.68. The van der Waals surface area contributed by atoms with E-state index >= 15 is 0 Å². The van der Waals surface area contributed by atoms with Crippen LogP contribution in [0.2, 0.25) is 0 Å². The maximum Gasteiger partial charge on any atom is 0.0832 e. The number of hydrogen-bond donors (Lipinski definition) is 0. The van der Waals surface area contributed by atoms with Gasteiger partial charge in [-0.2, -0.15) is 0 Å². The van der Waals surface area contributed by atoms with E-state index in [0.717, 1.165) is 5.92 Å². The maximum atomic E-state index is 2.62. The van der Waals surface area contributed by atoms with Crippen molar-refractivity contribution in [2.75, 3.05) is 0 Å². The molecule has 23 heavy (non-hydrogen) atoms. The van der Waals surface area contributed by atoms with Crippen molar-refractivity contribution < 1.29 is 0 Å². The number of allylic oxidation sites excluding steroid dienone is 4. The zero-order chi connectivity index (χ0) is 15.9. The SMILES string of the molecule is CCCCC1=C([SiH2]c2ccccc2)CC(CC2CCCCC2)=C1. The highest BCUT2D eigenvalue weighted by Crippen LogP contribution is 2.36. The molecule has 0 spiro atoms. The molecular weight excluding hydrogens is 292 g/mol. The van der Waals surface area contributed by atoms with Gasteiger partial charge < -0.3 is 0 Å². The van der Waals surface area contributed by atoms with Crippen LogP contribution in [0.4, 0.5) is 0 Å². The minimum Gasteiger partial charge on any atom is -0.0755 e. The summed E-state index contributed by atoms with van der Waals surface area (Å²) < 4.78 is 0. The van der Waals surface area contributed by atoms with Gasteiger partial charge in [-0.3, -0.25) is 0 Å². The fraction of sp³-hybridized carbons (Fsp3) is 0.545. The zero-order valence-corrected chi connectivity index (χ0v) is 16.2. The topological polar surface area (TPSA) is 0 Å². The molecule has 124 valence electrons. The van der Waals surface area contributed by atoms with Gasteiger partial charge in [0, 0.05) is 0 Å². The largest absolute Gasteiger partial charge is 0.0832 e. The van der Waals surface area contributed by atoms with Gasteiger partial charge >= 0.3 is 0 Å². The Hall–Kier alpha value is -1.08. The van der Waals surface area contributed by atoms with Gasteiger partial charge in [0.05, 0.1) is 9.52 Å². The Kier molecular flexibility index (Phi) is 6.33. The lowest BCUT2D eigenvalue weighted by Gasteiger charge is -2.22. The molecule has 0 unspecified atom stereocenters. The van der Waals surface area contributed by atoms with E-state index in [2.05, 4.69) is 43.3 Å². The van der Waals surface area contributed by atoms with Crippen LogP contribution >= 0.6 is 0 Å². The summed E-state index contributed by atoms with van der Waals surface area (Å²) in [7, 11) is -0.252. The van der Waals surface area contributed by atoms with Crippen molar-refractivity contribution in [3.05, 3.63) is 52.8 Å². The summed E-state index contributed by atoms with van der Waals surface area (Å²) in [5, 5.41) is 3.46. The fourth-order valence-electron chi connectivity index (χ4n) is 4.31. The Bertz CT molecular complexity index is 547. The Labute approximate surface area is 144 Å². The average Bonchev–Trinajstić information content (AvgIpc) is 2.96. The summed E-state index contributed by atoms with van der Waals surface area (Å²) in [5.41, 5.74) is 3.50. The van der Waals surface area contributed by atoms with Crippen LogP contribution in [0.15, 0.2) is 52.8 Å². The van der Waals surface area contributed by atoms with Crippen LogP contribution in [0, 0.1) is 5.92 Å². The predicted molar refractivity (Wildman–Crippen MR) is 105 cm³/mol. The van der Waals surface area contributed by atoms with Crippen molar-refractivity contribution in [1.82, 2.24) is 0 Å². The molecule has 0 saturated heterocycles. The van der Waals surface area contributed by atoms with Crippen LogP contribution in [0.25, 0.3) is 0 Å². The lowest BCUT2D eigenvalue weighted by Crippen LogP contribution is -2.16. The number of unbranched alkanes of at least 4 members (excludes halogenated alkanes) is 1. The van der Waals surface area contributed by atoms with Gasteiger partial charge in [0.1, 0.15) is 0 Å². The quantitative estimate of drug-likeness (QED) is 0.603. The summed E-state index contributed by atoms with van der Waals surface area (Å²) in [6, 6.07) is 11.2. The molecule has 1 saturated carbocycles. The van der Waals surface area contributed by atoms with Gasteiger partial charge in [-0.1, -0.05) is 103 Å². The second-order valence-corrected chi connectivity index (χ2v) is 9.61. The van der Waals surface area contributed by atoms with Gasteiger partial charge in [-0.15, -0.1) is 0 Å². The summed E-state index contributed by atoms with van der Waals surface area (Å²) in [4.78, 5) is 0. The Morgan fingerprint density at radius 2 is 1.83 bits per heavy atom. The Morgan fingerprint density at radius 1 is 1.04 bits per heavy atom. The summed E-state index contributed by atoms with van der Waals surface area (Å²) in [5.74, 6) is 0.986. The first-order chi connectivity index (χ1) is 11.3. The third kappa shape index (κ3) is 4.94. The van der Waals surface area contributed by atoms with E-state index in [1.165, 1.54) is 64.2 Å². The second-order valence-electron chi connectivity index (χ2n) is 7.58. The molecular formula is C22H32Si. The van der Waals surface area contributed by atoms with Crippen molar-refractivity contribution in [2.45, 2.75) is 71.1 Å². The van der Waals surface area contributed by atoms with Gasteiger partial charge in [-0.25, -0.2) is 0 Å². The Morgan fingerprint density at radius 3 is 2.57 bits per heavy atom. The summed E-state index contributed by atoms with van der Waals surface area (Å²) in [6.07, 6.45) is 16.7. The third-order valence-corrected chi connectivity index (χ3v) is 7.62. The van der Waals surface area contributed by atoms with Crippen LogP contribution in [-0.4, -0.2) is 9.52 Å². The predicted octanol–water partition coefficient (Wildman–Crippen LogP) is 5.23. The molecule has 0 atom stereocenters. The minimum atomic E-state index is -0.252. The van der Waals surface area contributed by atoms with E-state index < -0.39 is 0 Å². The lowest BCUT2D eigenvalue weighted by atomic mass is 9.84. The standard InChI is InChI=1S/C22H32Si/c1-2-3-12-20-16-19(15-18-10-6-4-7-11-18)17-22(20)23-21-13-8-5-9-14-21/h5,8-9,13-14,16,18H,2-4,6-7,10-12,15,17,23H2,1H3. The molecule has 2 aliphatic carbocycles. The van der Waals surface area contributed by atoms with Crippen molar-refractivity contribution >= 4 is 14.7 Å². The van der Waals surface area contributed by atoms with E-state index in [1.54, 1.807) is 16.3 Å². The molecule has 3 rings (SSSR count). The average molecular weight is 325 g/mol. The first kappa shape index (κ1) is 16.8. The highest BCUT2D eigenvalue weighted by molar-refractivity contribution is 6.61. The molecule has 0 aliphatic heterocycles. The molecule has 1 aromatic rings. The first-order valence-corrected chi connectivity index (χ1v) is 11.2. The molecule has 1 fully saturated rings. The zero-order valence-electron chi connectivity index (χ0n) is 14.8. The smallest absolute Gasteiger partial charge is 0.0755 e. The molecule has 0 nitrogen and oxygen atoms in total. The molecule has 1 heteroatoms. The van der Waals surface area contributed by atoms with Gasteiger partial charge in [0.25, 0.3) is 0 Å². The summed E-state index contributed by atoms with van der Waals surface area (Å²) >= 11 is 0. The molecule has 2 aliphatic rings. The molecule has 0 radical (unpaired) electrons. The molecule has 0 heterocycles. The van der Waals surface area contributed by atoms with E-state index in [4.69, 9.17) is 0 Å². The van der Waals surface area contributed by atoms with E-state index in [9.17, 15) is 0 Å². The van der Waals surface area contributed by atoms with Crippen LogP contribution in [0.5, 0.6) is 0 Å².